The molecule has 1 heterocycles. The Hall–Kier alpha value is -2.35. The van der Waals surface area contributed by atoms with Crippen LogP contribution in [-0.4, -0.2) is 33.4 Å². The van der Waals surface area contributed by atoms with Crippen molar-refractivity contribution < 1.29 is 41.5 Å². The summed E-state index contributed by atoms with van der Waals surface area (Å²) in [6.07, 6.45) is -5.02. The van der Waals surface area contributed by atoms with Gasteiger partial charge in [-0.3, -0.25) is 9.59 Å². The highest BCUT2D eigenvalue weighted by molar-refractivity contribution is 7.93. The number of carbonyl (C=O) groups excluding carboxylic acids is 2. The van der Waals surface area contributed by atoms with Crippen LogP contribution < -0.4 is 15.8 Å². The van der Waals surface area contributed by atoms with Crippen LogP contribution in [0.3, 0.4) is 0 Å². The molecule has 1 aromatic carbocycles. The molecule has 2 rings (SSSR count). The van der Waals surface area contributed by atoms with E-state index in [2.05, 4.69) is 10.1 Å². The zero-order valence-electron chi connectivity index (χ0n) is 14.8. The summed E-state index contributed by atoms with van der Waals surface area (Å²) in [6.45, 7) is 2.39. The van der Waals surface area contributed by atoms with Crippen LogP contribution in [-0.2, 0) is 16.0 Å². The van der Waals surface area contributed by atoms with Gasteiger partial charge in [0.2, 0.25) is 4.21 Å². The largest absolute Gasteiger partial charge is 0.606 e. The van der Waals surface area contributed by atoms with E-state index in [1.54, 1.807) is 0 Å². The van der Waals surface area contributed by atoms with Gasteiger partial charge in [-0.2, -0.15) is 0 Å². The normalized spacial score (nSPS) is 13.1. The summed E-state index contributed by atoms with van der Waals surface area (Å²) >= 11 is -1.61. The number of aliphatic hydroxyl groups is 1. The molecule has 29 heavy (non-hydrogen) atoms. The molecule has 1 aromatic heterocycles. The summed E-state index contributed by atoms with van der Waals surface area (Å²) in [5.74, 6) is -3.93. The predicted octanol–water partition coefficient (Wildman–Crippen LogP) is 2.76. The lowest BCUT2D eigenvalue weighted by atomic mass is 10.1. The van der Waals surface area contributed by atoms with Crippen molar-refractivity contribution in [3.8, 4) is 5.75 Å². The highest BCUT2D eigenvalue weighted by atomic mass is 32.2. The van der Waals surface area contributed by atoms with Gasteiger partial charge in [0.1, 0.15) is 16.4 Å². The van der Waals surface area contributed by atoms with E-state index >= 15 is 0 Å². The molecule has 7 nitrogen and oxygen atoms in total. The predicted molar refractivity (Wildman–Crippen MR) is 95.5 cm³/mol. The van der Waals surface area contributed by atoms with Crippen molar-refractivity contribution in [3.05, 3.63) is 35.6 Å². The monoisotopic (exact) mass is 454 g/mol. The first-order valence-corrected chi connectivity index (χ1v) is 9.60. The lowest BCUT2D eigenvalue weighted by Gasteiger charge is -2.16. The van der Waals surface area contributed by atoms with Gasteiger partial charge >= 0.3 is 6.36 Å². The summed E-state index contributed by atoms with van der Waals surface area (Å²) in [6, 6.07) is 3.09. The Morgan fingerprint density at radius 1 is 1.28 bits per heavy atom. The second kappa shape index (κ2) is 8.18. The van der Waals surface area contributed by atoms with Gasteiger partial charge in [0.25, 0.3) is 11.8 Å². The minimum absolute atomic E-state index is 0.103. The molecule has 2 aromatic rings. The molecule has 4 N–H and O–H groups in total. The number of amides is 2. The summed E-state index contributed by atoms with van der Waals surface area (Å²) in [5, 5.41) is 11.8. The average Bonchev–Trinajstić information content (AvgIpc) is 2.96. The number of benzene rings is 1. The number of nitrogens with two attached hydrogens (primary N) is 1. The number of thiophene rings is 1. The summed E-state index contributed by atoms with van der Waals surface area (Å²) in [5.41, 5.74) is 3.20. The third kappa shape index (κ3) is 5.82. The van der Waals surface area contributed by atoms with Crippen LogP contribution in [0.15, 0.2) is 33.4 Å². The van der Waals surface area contributed by atoms with E-state index in [1.807, 2.05) is 0 Å². The minimum atomic E-state index is -5.02. The molecule has 1 unspecified atom stereocenters. The van der Waals surface area contributed by atoms with Crippen molar-refractivity contribution in [1.29, 1.82) is 0 Å². The van der Waals surface area contributed by atoms with Crippen LogP contribution in [0.1, 0.15) is 24.2 Å². The molecule has 0 saturated heterocycles. The van der Waals surface area contributed by atoms with Gasteiger partial charge in [-0.15, -0.1) is 13.2 Å². The molecular formula is C16H14F4N2O5S2. The summed E-state index contributed by atoms with van der Waals surface area (Å²) in [4.78, 5) is 23.0. The first kappa shape index (κ1) is 22.9. The Morgan fingerprint density at radius 3 is 2.38 bits per heavy atom. The van der Waals surface area contributed by atoms with E-state index < -0.39 is 51.4 Å². The van der Waals surface area contributed by atoms with E-state index in [9.17, 15) is 36.8 Å². The van der Waals surface area contributed by atoms with E-state index in [0.717, 1.165) is 18.2 Å². The Bertz CT molecular complexity index is 940. The van der Waals surface area contributed by atoms with Crippen LogP contribution in [0.5, 0.6) is 5.75 Å². The Kier molecular flexibility index (Phi) is 6.47. The van der Waals surface area contributed by atoms with E-state index in [-0.39, 0.29) is 14.8 Å². The van der Waals surface area contributed by atoms with Crippen molar-refractivity contribution in [3.63, 3.8) is 0 Å². The zero-order valence-corrected chi connectivity index (χ0v) is 16.4. The lowest BCUT2D eigenvalue weighted by molar-refractivity contribution is -0.274. The molecule has 0 aliphatic heterocycles. The van der Waals surface area contributed by atoms with Crippen LogP contribution in [0.25, 0.3) is 0 Å². The number of primary amides is 1. The van der Waals surface area contributed by atoms with Gasteiger partial charge in [-0.25, -0.2) is 4.39 Å². The van der Waals surface area contributed by atoms with E-state index in [1.165, 1.54) is 13.8 Å². The Labute approximate surface area is 168 Å². The van der Waals surface area contributed by atoms with Crippen LogP contribution in [0, 0.1) is 5.82 Å². The minimum Gasteiger partial charge on any atom is -0.606 e. The number of halogens is 4. The van der Waals surface area contributed by atoms with Crippen molar-refractivity contribution in [1.82, 2.24) is 0 Å². The SMILES string of the molecule is CC(C)(O)C(=O)Nc1sc([S+]([O-])c2ccc(OC(F)(F)F)cc2F)cc1C(N)=O. The van der Waals surface area contributed by atoms with Gasteiger partial charge in [-0.1, -0.05) is 11.3 Å². The van der Waals surface area contributed by atoms with Gasteiger partial charge in [0.05, 0.1) is 5.56 Å². The van der Waals surface area contributed by atoms with Crippen molar-refractivity contribution in [2.24, 2.45) is 5.73 Å². The highest BCUT2D eigenvalue weighted by Crippen LogP contribution is 2.36. The van der Waals surface area contributed by atoms with E-state index in [0.29, 0.717) is 17.4 Å². The first-order chi connectivity index (χ1) is 13.2. The molecule has 0 saturated carbocycles. The second-order valence-electron chi connectivity index (χ2n) is 6.09. The highest BCUT2D eigenvalue weighted by Gasteiger charge is 2.33. The Morgan fingerprint density at radius 2 is 1.90 bits per heavy atom. The van der Waals surface area contributed by atoms with Gasteiger partial charge in [0, 0.05) is 29.4 Å². The quantitative estimate of drug-likeness (QED) is 0.457. The van der Waals surface area contributed by atoms with Gasteiger partial charge < -0.3 is 25.4 Å². The maximum Gasteiger partial charge on any atom is 0.573 e. The van der Waals surface area contributed by atoms with Crippen LogP contribution in [0.4, 0.5) is 22.6 Å². The molecule has 0 aliphatic rings. The molecule has 0 radical (unpaired) electrons. The number of alkyl halides is 3. The average molecular weight is 454 g/mol. The number of hydrogen-bond acceptors (Lipinski definition) is 6. The molecular weight excluding hydrogens is 440 g/mol. The number of anilines is 1. The number of carbonyl (C=O) groups is 2. The van der Waals surface area contributed by atoms with Crippen LogP contribution in [0.2, 0.25) is 0 Å². The third-order valence-corrected chi connectivity index (χ3v) is 6.04. The maximum atomic E-state index is 14.2. The topological polar surface area (TPSA) is 125 Å². The fourth-order valence-corrected chi connectivity index (χ4v) is 4.41. The Balaban J connectivity index is 2.36. The molecule has 13 heteroatoms. The molecule has 1 atom stereocenters. The zero-order chi connectivity index (χ0) is 22.1. The smallest absolute Gasteiger partial charge is 0.573 e. The second-order valence-corrected chi connectivity index (χ2v) is 8.82. The number of nitrogens with one attached hydrogen (secondary N) is 1. The molecule has 0 spiro atoms. The fourth-order valence-electron chi connectivity index (χ4n) is 1.93. The molecule has 158 valence electrons. The summed E-state index contributed by atoms with van der Waals surface area (Å²) < 4.78 is 66.9. The van der Waals surface area contributed by atoms with E-state index in [4.69, 9.17) is 5.73 Å². The van der Waals surface area contributed by atoms with Crippen molar-refractivity contribution >= 4 is 39.3 Å². The fraction of sp³-hybridized carbons (Fsp3) is 0.250. The lowest BCUT2D eigenvalue weighted by Crippen LogP contribution is -2.36. The third-order valence-electron chi connectivity index (χ3n) is 3.28. The van der Waals surface area contributed by atoms with Crippen LogP contribution >= 0.6 is 11.3 Å². The molecule has 0 aliphatic carbocycles. The number of rotatable bonds is 6. The van der Waals surface area contributed by atoms with Gasteiger partial charge in [-0.05, 0) is 19.9 Å². The van der Waals surface area contributed by atoms with Gasteiger partial charge in [0.15, 0.2) is 10.7 Å². The number of hydrogen-bond donors (Lipinski definition) is 3. The standard InChI is InChI=1S/C16H14F4N2O5S2/c1-15(2,25)14(24)22-13-8(12(21)23)6-11(28-13)29(26)10-4-3-7(5-9(10)17)27-16(18,19)20/h3-6,25H,1-2H3,(H2,21,23)(H,22,24). The van der Waals surface area contributed by atoms with Crippen molar-refractivity contribution in [2.75, 3.05) is 5.32 Å². The molecule has 0 fully saturated rings. The molecule has 0 bridgehead atoms. The number of ether oxygens (including phenoxy) is 1. The first-order valence-electron chi connectivity index (χ1n) is 7.63. The summed E-state index contributed by atoms with van der Waals surface area (Å²) in [7, 11) is 0. The van der Waals surface area contributed by atoms with Crippen molar-refractivity contribution in [2.45, 2.75) is 34.9 Å². The maximum absolute atomic E-state index is 14.2. The molecule has 2 amide bonds.